The van der Waals surface area contributed by atoms with Crippen LogP contribution in [-0.2, 0) is 0 Å². The quantitative estimate of drug-likeness (QED) is 0.686. The van der Waals surface area contributed by atoms with E-state index in [1.807, 2.05) is 0 Å². The maximum absolute atomic E-state index is 12.6. The Bertz CT molecular complexity index is 408. The molecular weight excluding hydrogens is 191 g/mol. The van der Waals surface area contributed by atoms with Crippen LogP contribution in [0, 0.1) is 5.82 Å². The van der Waals surface area contributed by atoms with Crippen LogP contribution in [0.1, 0.15) is 0 Å². The van der Waals surface area contributed by atoms with Crippen LogP contribution in [-0.4, -0.2) is 9.55 Å². The Morgan fingerprint density at radius 2 is 1.92 bits per heavy atom. The highest BCUT2D eigenvalue weighted by Gasteiger charge is 2.00. The fourth-order valence-electron chi connectivity index (χ4n) is 1.07. The number of nitrogens with zero attached hydrogens (tertiary/aromatic N) is 2. The van der Waals surface area contributed by atoms with Gasteiger partial charge >= 0.3 is 0 Å². The standard InChI is InChI=1S/C9H6ClFN2/c10-9-5-12-6-13(9)8-3-1-7(11)2-4-8/h1-6H. The average Bonchev–Trinajstić information content (AvgIpc) is 2.53. The lowest BCUT2D eigenvalue weighted by molar-refractivity contribution is 0.627. The summed E-state index contributed by atoms with van der Waals surface area (Å²) in [6.07, 6.45) is 3.11. The Balaban J connectivity index is 2.47. The van der Waals surface area contributed by atoms with E-state index in [2.05, 4.69) is 4.98 Å². The van der Waals surface area contributed by atoms with Gasteiger partial charge in [0.1, 0.15) is 17.3 Å². The van der Waals surface area contributed by atoms with Gasteiger partial charge in [0.05, 0.1) is 6.20 Å². The summed E-state index contributed by atoms with van der Waals surface area (Å²) in [4.78, 5) is 3.86. The third-order valence-electron chi connectivity index (χ3n) is 1.70. The summed E-state index contributed by atoms with van der Waals surface area (Å²) < 4.78 is 14.2. The van der Waals surface area contributed by atoms with Crippen LogP contribution in [0.25, 0.3) is 5.69 Å². The van der Waals surface area contributed by atoms with Crippen LogP contribution in [0.4, 0.5) is 4.39 Å². The van der Waals surface area contributed by atoms with Crippen LogP contribution in [0.5, 0.6) is 0 Å². The summed E-state index contributed by atoms with van der Waals surface area (Å²) in [6, 6.07) is 6.04. The molecule has 0 spiro atoms. The highest BCUT2D eigenvalue weighted by Crippen LogP contribution is 2.15. The molecule has 1 aromatic carbocycles. The Labute approximate surface area is 79.6 Å². The van der Waals surface area contributed by atoms with Crippen LogP contribution in [0.15, 0.2) is 36.8 Å². The second kappa shape index (κ2) is 3.18. The summed E-state index contributed by atoms with van der Waals surface area (Å²) >= 11 is 5.82. The van der Waals surface area contributed by atoms with Gasteiger partial charge in [0.2, 0.25) is 0 Å². The molecule has 66 valence electrons. The summed E-state index contributed by atoms with van der Waals surface area (Å²) in [6.45, 7) is 0. The first-order chi connectivity index (χ1) is 6.27. The first-order valence-corrected chi connectivity index (χ1v) is 4.09. The summed E-state index contributed by atoms with van der Waals surface area (Å²) in [5.74, 6) is -0.264. The number of hydrogen-bond acceptors (Lipinski definition) is 1. The second-order valence-electron chi connectivity index (χ2n) is 2.56. The zero-order valence-electron chi connectivity index (χ0n) is 6.61. The van der Waals surface area contributed by atoms with E-state index >= 15 is 0 Å². The first kappa shape index (κ1) is 8.26. The lowest BCUT2D eigenvalue weighted by Gasteiger charge is -2.02. The van der Waals surface area contributed by atoms with Crippen LogP contribution < -0.4 is 0 Å². The van der Waals surface area contributed by atoms with Crippen LogP contribution in [0.2, 0.25) is 5.15 Å². The van der Waals surface area contributed by atoms with Crippen molar-refractivity contribution in [1.29, 1.82) is 0 Å². The Kier molecular flexibility index (Phi) is 2.02. The van der Waals surface area contributed by atoms with Crippen LogP contribution >= 0.6 is 11.6 Å². The Hall–Kier alpha value is -1.35. The molecule has 0 N–H and O–H groups in total. The van der Waals surface area contributed by atoms with Crippen LogP contribution in [0.3, 0.4) is 0 Å². The van der Waals surface area contributed by atoms with E-state index in [9.17, 15) is 4.39 Å². The van der Waals surface area contributed by atoms with Gasteiger partial charge in [0, 0.05) is 5.69 Å². The summed E-state index contributed by atoms with van der Waals surface area (Å²) in [5, 5.41) is 0.506. The maximum atomic E-state index is 12.6. The van der Waals surface area contributed by atoms with E-state index in [-0.39, 0.29) is 5.82 Å². The molecule has 0 aliphatic rings. The van der Waals surface area contributed by atoms with E-state index in [1.165, 1.54) is 18.3 Å². The molecule has 0 atom stereocenters. The molecule has 0 amide bonds. The lowest BCUT2D eigenvalue weighted by Crippen LogP contribution is -1.91. The zero-order valence-corrected chi connectivity index (χ0v) is 7.37. The van der Waals surface area contributed by atoms with Gasteiger partial charge in [-0.2, -0.15) is 0 Å². The average molecular weight is 197 g/mol. The van der Waals surface area contributed by atoms with Crippen molar-refractivity contribution >= 4 is 11.6 Å². The van der Waals surface area contributed by atoms with Gasteiger partial charge in [-0.25, -0.2) is 9.37 Å². The second-order valence-corrected chi connectivity index (χ2v) is 2.95. The van der Waals surface area contributed by atoms with Gasteiger partial charge in [-0.15, -0.1) is 0 Å². The molecule has 0 radical (unpaired) electrons. The number of halogens is 2. The third-order valence-corrected chi connectivity index (χ3v) is 1.98. The molecular formula is C9H6ClFN2. The number of imidazole rings is 1. The third kappa shape index (κ3) is 1.55. The van der Waals surface area contributed by atoms with Crippen molar-refractivity contribution in [3.63, 3.8) is 0 Å². The van der Waals surface area contributed by atoms with E-state index in [1.54, 1.807) is 23.0 Å². The van der Waals surface area contributed by atoms with Gasteiger partial charge in [-0.3, -0.25) is 4.57 Å². The van der Waals surface area contributed by atoms with Crippen molar-refractivity contribution in [3.8, 4) is 5.69 Å². The predicted octanol–water partition coefficient (Wildman–Crippen LogP) is 2.66. The monoisotopic (exact) mass is 196 g/mol. The highest BCUT2D eigenvalue weighted by molar-refractivity contribution is 6.29. The SMILES string of the molecule is Fc1ccc(-n2cncc2Cl)cc1. The van der Waals surface area contributed by atoms with E-state index in [0.717, 1.165) is 5.69 Å². The van der Waals surface area contributed by atoms with E-state index < -0.39 is 0 Å². The molecule has 1 heterocycles. The molecule has 0 aliphatic carbocycles. The van der Waals surface area contributed by atoms with Gasteiger partial charge in [-0.1, -0.05) is 11.6 Å². The fourth-order valence-corrected chi connectivity index (χ4v) is 1.27. The van der Waals surface area contributed by atoms with Gasteiger partial charge < -0.3 is 0 Å². The normalized spacial score (nSPS) is 10.3. The molecule has 2 rings (SSSR count). The minimum Gasteiger partial charge on any atom is -0.290 e. The van der Waals surface area contributed by atoms with E-state index in [4.69, 9.17) is 11.6 Å². The largest absolute Gasteiger partial charge is 0.290 e. The molecule has 2 aromatic rings. The van der Waals surface area contributed by atoms with Gasteiger partial charge in [0.25, 0.3) is 0 Å². The minimum absolute atomic E-state index is 0.264. The number of rotatable bonds is 1. The summed E-state index contributed by atoms with van der Waals surface area (Å²) in [7, 11) is 0. The predicted molar refractivity (Wildman–Crippen MR) is 48.5 cm³/mol. The van der Waals surface area contributed by atoms with Crippen molar-refractivity contribution in [2.45, 2.75) is 0 Å². The van der Waals surface area contributed by atoms with Gasteiger partial charge in [0.15, 0.2) is 0 Å². The molecule has 4 heteroatoms. The minimum atomic E-state index is -0.264. The molecule has 0 bridgehead atoms. The Morgan fingerprint density at radius 3 is 2.46 bits per heavy atom. The summed E-state index contributed by atoms with van der Waals surface area (Å²) in [5.41, 5.74) is 0.795. The molecule has 0 saturated carbocycles. The van der Waals surface area contributed by atoms with Crippen molar-refractivity contribution in [2.24, 2.45) is 0 Å². The topological polar surface area (TPSA) is 17.8 Å². The zero-order chi connectivity index (χ0) is 9.26. The van der Waals surface area contributed by atoms with Crippen molar-refractivity contribution in [2.75, 3.05) is 0 Å². The molecule has 1 aromatic heterocycles. The maximum Gasteiger partial charge on any atom is 0.133 e. The van der Waals surface area contributed by atoms with E-state index in [0.29, 0.717) is 5.15 Å². The lowest BCUT2D eigenvalue weighted by atomic mass is 10.3. The molecule has 0 unspecified atom stereocenters. The fraction of sp³-hybridized carbons (Fsp3) is 0. The van der Waals surface area contributed by atoms with Gasteiger partial charge in [-0.05, 0) is 24.3 Å². The Morgan fingerprint density at radius 1 is 1.23 bits per heavy atom. The molecule has 13 heavy (non-hydrogen) atoms. The molecule has 0 aliphatic heterocycles. The van der Waals surface area contributed by atoms with Crippen molar-refractivity contribution in [1.82, 2.24) is 9.55 Å². The number of benzene rings is 1. The smallest absolute Gasteiger partial charge is 0.133 e. The molecule has 2 nitrogen and oxygen atoms in total. The number of hydrogen-bond donors (Lipinski definition) is 0. The molecule has 0 saturated heterocycles. The van der Waals surface area contributed by atoms with Crippen molar-refractivity contribution in [3.05, 3.63) is 47.8 Å². The highest BCUT2D eigenvalue weighted by atomic mass is 35.5. The van der Waals surface area contributed by atoms with Crippen molar-refractivity contribution < 1.29 is 4.39 Å². The number of aromatic nitrogens is 2. The molecule has 0 fully saturated rings. The first-order valence-electron chi connectivity index (χ1n) is 3.71.